The van der Waals surface area contributed by atoms with Crippen molar-refractivity contribution in [1.82, 2.24) is 14.1 Å². The monoisotopic (exact) mass is 438 g/mol. The molecule has 1 amide bonds. The van der Waals surface area contributed by atoms with Gasteiger partial charge in [-0.25, -0.2) is 13.1 Å². The van der Waals surface area contributed by atoms with Crippen LogP contribution in [0.2, 0.25) is 0 Å². The lowest BCUT2D eigenvalue weighted by molar-refractivity contribution is 0.102. The summed E-state index contributed by atoms with van der Waals surface area (Å²) >= 11 is 0. The fraction of sp³-hybridized carbons (Fsp3) is 0.304. The summed E-state index contributed by atoms with van der Waals surface area (Å²) in [6.07, 6.45) is 6.84. The number of anilines is 1. The van der Waals surface area contributed by atoms with E-state index in [0.29, 0.717) is 11.4 Å². The molecule has 2 aromatic carbocycles. The molecule has 0 radical (unpaired) electrons. The van der Waals surface area contributed by atoms with Crippen LogP contribution in [0.5, 0.6) is 0 Å². The number of aromatic nitrogens is 2. The quantitative estimate of drug-likeness (QED) is 0.629. The molecule has 1 N–H and O–H groups in total. The van der Waals surface area contributed by atoms with Gasteiger partial charge in [-0.15, -0.1) is 0 Å². The SMILES string of the molecule is CN(C1CCCCC1)S(=O)(=O)c1ccc(C(=O)Nc2ccn(-c3ccccc3)n2)cc1. The van der Waals surface area contributed by atoms with E-state index in [9.17, 15) is 13.2 Å². The van der Waals surface area contributed by atoms with Gasteiger partial charge < -0.3 is 5.32 Å². The summed E-state index contributed by atoms with van der Waals surface area (Å²) in [5.74, 6) is 0.0745. The molecule has 0 aliphatic heterocycles. The average molecular weight is 439 g/mol. The Balaban J connectivity index is 1.44. The molecule has 0 atom stereocenters. The van der Waals surface area contributed by atoms with Gasteiger partial charge in [0.05, 0.1) is 10.6 Å². The van der Waals surface area contributed by atoms with Crippen LogP contribution in [-0.4, -0.2) is 41.5 Å². The molecule has 7 nitrogen and oxygen atoms in total. The van der Waals surface area contributed by atoms with Crippen molar-refractivity contribution in [2.24, 2.45) is 0 Å². The molecule has 31 heavy (non-hydrogen) atoms. The van der Waals surface area contributed by atoms with Gasteiger partial charge in [0.2, 0.25) is 10.0 Å². The van der Waals surface area contributed by atoms with Crippen molar-refractivity contribution in [2.75, 3.05) is 12.4 Å². The highest BCUT2D eigenvalue weighted by Crippen LogP contribution is 2.26. The highest BCUT2D eigenvalue weighted by Gasteiger charge is 2.29. The van der Waals surface area contributed by atoms with Crippen molar-refractivity contribution in [1.29, 1.82) is 0 Å². The Hall–Kier alpha value is -2.97. The fourth-order valence-electron chi connectivity index (χ4n) is 3.89. The Bertz CT molecular complexity index is 1140. The van der Waals surface area contributed by atoms with Crippen LogP contribution in [0.1, 0.15) is 42.5 Å². The zero-order chi connectivity index (χ0) is 21.8. The third-order valence-corrected chi connectivity index (χ3v) is 7.66. The summed E-state index contributed by atoms with van der Waals surface area (Å²) in [7, 11) is -1.93. The van der Waals surface area contributed by atoms with Gasteiger partial charge in [-0.1, -0.05) is 37.5 Å². The lowest BCUT2D eigenvalue weighted by Crippen LogP contribution is -2.38. The Morgan fingerprint density at radius 2 is 1.68 bits per heavy atom. The largest absolute Gasteiger partial charge is 0.305 e. The Morgan fingerprint density at radius 1 is 1.00 bits per heavy atom. The molecule has 0 spiro atoms. The topological polar surface area (TPSA) is 84.3 Å². The summed E-state index contributed by atoms with van der Waals surface area (Å²) in [6.45, 7) is 0. The maximum atomic E-state index is 13.0. The maximum absolute atomic E-state index is 13.0. The second-order valence-corrected chi connectivity index (χ2v) is 9.77. The van der Waals surface area contributed by atoms with E-state index < -0.39 is 10.0 Å². The third-order valence-electron chi connectivity index (χ3n) is 5.73. The van der Waals surface area contributed by atoms with Gasteiger partial charge in [-0.3, -0.25) is 4.79 Å². The minimum atomic E-state index is -3.58. The first-order valence-corrected chi connectivity index (χ1v) is 11.9. The smallest absolute Gasteiger partial charge is 0.256 e. The van der Waals surface area contributed by atoms with Crippen molar-refractivity contribution < 1.29 is 13.2 Å². The number of amides is 1. The second kappa shape index (κ2) is 9.03. The molecule has 0 unspecified atom stereocenters. The number of rotatable bonds is 6. The molecule has 0 saturated heterocycles. The molecule has 3 aromatic rings. The number of nitrogens with zero attached hydrogens (tertiary/aromatic N) is 3. The molecular formula is C23H26N4O3S. The fourth-order valence-corrected chi connectivity index (χ4v) is 5.30. The zero-order valence-electron chi connectivity index (χ0n) is 17.4. The van der Waals surface area contributed by atoms with Gasteiger partial charge in [-0.05, 0) is 49.2 Å². The summed E-state index contributed by atoms with van der Waals surface area (Å²) in [5, 5.41) is 7.11. The number of hydrogen-bond acceptors (Lipinski definition) is 4. The van der Waals surface area contributed by atoms with Crippen molar-refractivity contribution in [2.45, 2.75) is 43.0 Å². The first-order chi connectivity index (χ1) is 14.9. The van der Waals surface area contributed by atoms with Gasteiger partial charge in [0.1, 0.15) is 0 Å². The van der Waals surface area contributed by atoms with Gasteiger partial charge in [-0.2, -0.15) is 9.40 Å². The van der Waals surface area contributed by atoms with E-state index in [-0.39, 0.29) is 16.8 Å². The standard InChI is InChI=1S/C23H26N4O3S/c1-26(19-8-4-2-5-9-19)31(29,30)21-14-12-18(13-15-21)23(28)24-22-16-17-27(25-22)20-10-6-3-7-11-20/h3,6-7,10-17,19H,2,4-5,8-9H2,1H3,(H,24,25,28). The molecule has 1 fully saturated rings. The number of nitrogens with one attached hydrogen (secondary N) is 1. The lowest BCUT2D eigenvalue weighted by atomic mass is 9.96. The molecule has 162 valence electrons. The first-order valence-electron chi connectivity index (χ1n) is 10.5. The average Bonchev–Trinajstić information content (AvgIpc) is 3.28. The number of para-hydroxylation sites is 1. The normalized spacial score (nSPS) is 15.2. The zero-order valence-corrected chi connectivity index (χ0v) is 18.3. The minimum absolute atomic E-state index is 0.0430. The first kappa shape index (κ1) is 21.3. The van der Waals surface area contributed by atoms with Gasteiger partial charge in [0.15, 0.2) is 5.82 Å². The molecular weight excluding hydrogens is 412 g/mol. The summed E-state index contributed by atoms with van der Waals surface area (Å²) < 4.78 is 29.1. The van der Waals surface area contributed by atoms with E-state index in [4.69, 9.17) is 0 Å². The van der Waals surface area contributed by atoms with E-state index in [1.54, 1.807) is 24.0 Å². The predicted octanol–water partition coefficient (Wildman–Crippen LogP) is 4.08. The van der Waals surface area contributed by atoms with E-state index >= 15 is 0 Å². The van der Waals surface area contributed by atoms with E-state index in [1.807, 2.05) is 30.3 Å². The second-order valence-electron chi connectivity index (χ2n) is 7.77. The van der Waals surface area contributed by atoms with Crippen molar-refractivity contribution in [3.05, 3.63) is 72.4 Å². The number of hydrogen-bond donors (Lipinski definition) is 1. The highest BCUT2D eigenvalue weighted by atomic mass is 32.2. The van der Waals surface area contributed by atoms with Crippen LogP contribution in [0.15, 0.2) is 71.8 Å². The van der Waals surface area contributed by atoms with Crippen LogP contribution in [0.4, 0.5) is 5.82 Å². The lowest BCUT2D eigenvalue weighted by Gasteiger charge is -2.30. The van der Waals surface area contributed by atoms with Gasteiger partial charge in [0, 0.05) is 30.9 Å². The number of carbonyl (C=O) groups is 1. The van der Waals surface area contributed by atoms with Gasteiger partial charge >= 0.3 is 0 Å². The number of benzene rings is 2. The molecule has 1 aliphatic rings. The molecule has 1 heterocycles. The molecule has 1 aliphatic carbocycles. The third kappa shape index (κ3) is 4.70. The van der Waals surface area contributed by atoms with Crippen LogP contribution in [-0.2, 0) is 10.0 Å². The van der Waals surface area contributed by atoms with Crippen molar-refractivity contribution >= 4 is 21.7 Å². The van der Waals surface area contributed by atoms with Crippen molar-refractivity contribution in [3.63, 3.8) is 0 Å². The number of carbonyl (C=O) groups excluding carboxylic acids is 1. The number of sulfonamides is 1. The van der Waals surface area contributed by atoms with Crippen LogP contribution >= 0.6 is 0 Å². The van der Waals surface area contributed by atoms with E-state index in [0.717, 1.165) is 37.8 Å². The van der Waals surface area contributed by atoms with Crippen molar-refractivity contribution in [3.8, 4) is 5.69 Å². The highest BCUT2D eigenvalue weighted by molar-refractivity contribution is 7.89. The molecule has 4 rings (SSSR count). The molecule has 1 saturated carbocycles. The van der Waals surface area contributed by atoms with E-state index in [1.165, 1.54) is 28.6 Å². The summed E-state index contributed by atoms with van der Waals surface area (Å²) in [4.78, 5) is 12.8. The Morgan fingerprint density at radius 3 is 2.35 bits per heavy atom. The van der Waals surface area contributed by atoms with Gasteiger partial charge in [0.25, 0.3) is 5.91 Å². The van der Waals surface area contributed by atoms with Crippen LogP contribution in [0, 0.1) is 0 Å². The van der Waals surface area contributed by atoms with Crippen LogP contribution in [0.25, 0.3) is 5.69 Å². The van der Waals surface area contributed by atoms with E-state index in [2.05, 4.69) is 10.4 Å². The Kier molecular flexibility index (Phi) is 6.20. The van der Waals surface area contributed by atoms with Crippen LogP contribution in [0.3, 0.4) is 0 Å². The maximum Gasteiger partial charge on any atom is 0.256 e. The molecule has 1 aromatic heterocycles. The predicted molar refractivity (Wildman–Crippen MR) is 120 cm³/mol. The summed E-state index contributed by atoms with van der Waals surface area (Å²) in [5.41, 5.74) is 1.26. The molecule has 8 heteroatoms. The summed E-state index contributed by atoms with van der Waals surface area (Å²) in [6, 6.07) is 17.4. The molecule has 0 bridgehead atoms. The Labute approximate surface area is 182 Å². The van der Waals surface area contributed by atoms with Crippen LogP contribution < -0.4 is 5.32 Å². The minimum Gasteiger partial charge on any atom is -0.305 e.